The summed E-state index contributed by atoms with van der Waals surface area (Å²) in [6, 6.07) is 11.2. The lowest BCUT2D eigenvalue weighted by molar-refractivity contribution is -0.384. The highest BCUT2D eigenvalue weighted by Gasteiger charge is 2.33. The summed E-state index contributed by atoms with van der Waals surface area (Å²) in [4.78, 5) is 30.1. The average Bonchev–Trinajstić information content (AvgIpc) is 3.17. The van der Waals surface area contributed by atoms with Crippen LogP contribution in [0.1, 0.15) is 64.9 Å². The van der Waals surface area contributed by atoms with Crippen LogP contribution in [0.25, 0.3) is 6.08 Å². The van der Waals surface area contributed by atoms with E-state index >= 15 is 0 Å². The minimum absolute atomic E-state index is 0.0748. The fourth-order valence-corrected chi connectivity index (χ4v) is 6.04. The zero-order valence-corrected chi connectivity index (χ0v) is 22.9. The van der Waals surface area contributed by atoms with Crippen LogP contribution in [-0.4, -0.2) is 41.7 Å². The van der Waals surface area contributed by atoms with Crippen LogP contribution < -0.4 is 14.8 Å². The van der Waals surface area contributed by atoms with Gasteiger partial charge in [0.25, 0.3) is 11.6 Å². The van der Waals surface area contributed by atoms with Crippen LogP contribution in [0.2, 0.25) is 5.02 Å². The molecule has 9 heteroatoms. The maximum absolute atomic E-state index is 13.5. The summed E-state index contributed by atoms with van der Waals surface area (Å²) in [5.74, 6) is -0.279. The van der Waals surface area contributed by atoms with Crippen LogP contribution in [0.5, 0.6) is 0 Å². The number of piperidine rings is 2. The van der Waals surface area contributed by atoms with Crippen LogP contribution >= 0.6 is 11.6 Å². The Morgan fingerprint density at radius 2 is 1.66 bits per heavy atom. The van der Waals surface area contributed by atoms with Crippen molar-refractivity contribution in [2.45, 2.75) is 71.4 Å². The van der Waals surface area contributed by atoms with Crippen LogP contribution in [0.15, 0.2) is 47.1 Å². The monoisotopic (exact) mass is 535 g/mol. The van der Waals surface area contributed by atoms with Crippen LogP contribution in [0, 0.1) is 10.1 Å². The van der Waals surface area contributed by atoms with E-state index in [9.17, 15) is 14.9 Å². The molecule has 0 aromatic heterocycles. The quantitative estimate of drug-likeness (QED) is 0.238. The molecule has 5 rings (SSSR count). The van der Waals surface area contributed by atoms with Gasteiger partial charge in [-0.15, -0.1) is 0 Å². The van der Waals surface area contributed by atoms with E-state index in [0.717, 1.165) is 57.3 Å². The van der Waals surface area contributed by atoms with E-state index in [1.165, 1.54) is 5.01 Å². The van der Waals surface area contributed by atoms with Crippen molar-refractivity contribution in [2.24, 2.45) is 5.10 Å². The van der Waals surface area contributed by atoms with Gasteiger partial charge in [-0.2, -0.15) is 10.1 Å². The Kier molecular flexibility index (Phi) is 7.43. The first kappa shape index (κ1) is 26.2. The summed E-state index contributed by atoms with van der Waals surface area (Å²) >= 11 is 6.16. The first-order valence-corrected chi connectivity index (χ1v) is 13.9. The minimum atomic E-state index is -0.294. The molecule has 0 unspecified atom stereocenters. The number of amides is 1. The fourth-order valence-electron chi connectivity index (χ4n) is 5.86. The van der Waals surface area contributed by atoms with Crippen molar-refractivity contribution in [1.82, 2.24) is 0 Å². The van der Waals surface area contributed by atoms with Crippen molar-refractivity contribution < 1.29 is 9.72 Å². The van der Waals surface area contributed by atoms with Gasteiger partial charge in [0.15, 0.2) is 0 Å². The molecular formula is C29H34ClN5O3. The van der Waals surface area contributed by atoms with Crippen LogP contribution in [0.4, 0.5) is 22.7 Å². The molecule has 0 radical (unpaired) electrons. The first-order valence-electron chi connectivity index (χ1n) is 13.5. The average molecular weight is 536 g/mol. The zero-order chi connectivity index (χ0) is 27.0. The molecule has 2 atom stereocenters. The van der Waals surface area contributed by atoms with Crippen molar-refractivity contribution >= 4 is 52.0 Å². The summed E-state index contributed by atoms with van der Waals surface area (Å²) in [6.45, 7) is 7.81. The van der Waals surface area contributed by atoms with Gasteiger partial charge in [0.2, 0.25) is 0 Å². The van der Waals surface area contributed by atoms with E-state index in [1.54, 1.807) is 43.3 Å². The smallest absolute Gasteiger partial charge is 0.293 e. The van der Waals surface area contributed by atoms with Gasteiger partial charge in [-0.3, -0.25) is 14.9 Å². The van der Waals surface area contributed by atoms with Crippen LogP contribution in [-0.2, 0) is 4.79 Å². The Labute approximate surface area is 228 Å². The molecule has 3 aliphatic rings. The van der Waals surface area contributed by atoms with Gasteiger partial charge in [0.05, 0.1) is 21.9 Å². The lowest BCUT2D eigenvalue weighted by Crippen LogP contribution is -2.39. The Morgan fingerprint density at radius 1 is 1.00 bits per heavy atom. The zero-order valence-electron chi connectivity index (χ0n) is 22.2. The molecule has 0 N–H and O–H groups in total. The predicted octanol–water partition coefficient (Wildman–Crippen LogP) is 6.81. The molecule has 0 spiro atoms. The van der Waals surface area contributed by atoms with Gasteiger partial charge in [-0.1, -0.05) is 17.7 Å². The van der Waals surface area contributed by atoms with Crippen molar-refractivity contribution in [1.29, 1.82) is 0 Å². The Morgan fingerprint density at radius 3 is 2.26 bits per heavy atom. The third-order valence-electron chi connectivity index (χ3n) is 7.96. The van der Waals surface area contributed by atoms with Crippen molar-refractivity contribution in [3.8, 4) is 0 Å². The number of carbonyl (C=O) groups is 1. The molecule has 0 aliphatic carbocycles. The first-order chi connectivity index (χ1) is 18.2. The largest absolute Gasteiger partial charge is 0.368 e. The lowest BCUT2D eigenvalue weighted by Gasteiger charge is -2.39. The van der Waals surface area contributed by atoms with E-state index in [2.05, 4.69) is 28.7 Å². The molecule has 2 saturated heterocycles. The highest BCUT2D eigenvalue weighted by atomic mass is 35.5. The number of benzene rings is 2. The van der Waals surface area contributed by atoms with Crippen LogP contribution in [0.3, 0.4) is 0 Å². The topological polar surface area (TPSA) is 82.3 Å². The summed E-state index contributed by atoms with van der Waals surface area (Å²) < 4.78 is 0. The SMILES string of the molecule is CC1=NN(c2cccc(Cl)c2)C(=O)/C1=C/c1cc([N+](=O)[O-])c(N2CCCC[C@@H]2C)cc1N1CCCC[C@@H]1C. The van der Waals surface area contributed by atoms with E-state index in [4.69, 9.17) is 11.6 Å². The van der Waals surface area contributed by atoms with E-state index < -0.39 is 0 Å². The molecule has 200 valence electrons. The second-order valence-corrected chi connectivity index (χ2v) is 11.0. The number of rotatable bonds is 5. The summed E-state index contributed by atoms with van der Waals surface area (Å²) in [7, 11) is 0. The van der Waals surface area contributed by atoms with E-state index in [-0.39, 0.29) is 22.6 Å². The number of nitro benzene ring substituents is 1. The Balaban J connectivity index is 1.63. The lowest BCUT2D eigenvalue weighted by atomic mass is 9.97. The van der Waals surface area contributed by atoms with Gasteiger partial charge < -0.3 is 9.80 Å². The maximum Gasteiger partial charge on any atom is 0.293 e. The Bertz CT molecular complexity index is 1320. The van der Waals surface area contributed by atoms with Gasteiger partial charge >= 0.3 is 0 Å². The number of anilines is 3. The molecule has 1 amide bonds. The number of hydrazone groups is 1. The highest BCUT2D eigenvalue weighted by molar-refractivity contribution is 6.33. The summed E-state index contributed by atoms with van der Waals surface area (Å²) in [5.41, 5.74) is 3.91. The van der Waals surface area contributed by atoms with E-state index in [1.807, 2.05) is 6.07 Å². The molecule has 38 heavy (non-hydrogen) atoms. The van der Waals surface area contributed by atoms with Gasteiger partial charge in [0.1, 0.15) is 5.69 Å². The normalized spacial score (nSPS) is 23.3. The Hall–Kier alpha value is -3.39. The third kappa shape index (κ3) is 5.01. The number of hydrogen-bond donors (Lipinski definition) is 0. The molecule has 2 fully saturated rings. The van der Waals surface area contributed by atoms with Crippen molar-refractivity contribution in [2.75, 3.05) is 27.9 Å². The van der Waals surface area contributed by atoms with Crippen molar-refractivity contribution in [3.63, 3.8) is 0 Å². The number of halogens is 1. The number of carbonyl (C=O) groups excluding carboxylic acids is 1. The molecule has 3 heterocycles. The second-order valence-electron chi connectivity index (χ2n) is 10.6. The van der Waals surface area contributed by atoms with Crippen molar-refractivity contribution in [3.05, 3.63) is 62.7 Å². The molecule has 0 saturated carbocycles. The molecule has 0 bridgehead atoms. The van der Waals surface area contributed by atoms with Gasteiger partial charge in [-0.05, 0) is 89.6 Å². The molecule has 3 aliphatic heterocycles. The second kappa shape index (κ2) is 10.8. The molecule has 2 aromatic rings. The van der Waals surface area contributed by atoms with Gasteiger partial charge in [-0.25, -0.2) is 0 Å². The fraction of sp³-hybridized carbons (Fsp3) is 0.448. The van der Waals surface area contributed by atoms with Gasteiger partial charge in [0, 0.05) is 47.5 Å². The molecule has 2 aromatic carbocycles. The predicted molar refractivity (Wildman–Crippen MR) is 154 cm³/mol. The van der Waals surface area contributed by atoms with E-state index in [0.29, 0.717) is 39.3 Å². The number of nitro groups is 1. The summed E-state index contributed by atoms with van der Waals surface area (Å²) in [5, 5.41) is 18.7. The molecular weight excluding hydrogens is 502 g/mol. The highest BCUT2D eigenvalue weighted by Crippen LogP contribution is 2.41. The maximum atomic E-state index is 13.5. The summed E-state index contributed by atoms with van der Waals surface area (Å²) in [6.07, 6.45) is 8.23. The number of nitrogens with zero attached hydrogens (tertiary/aromatic N) is 5. The minimum Gasteiger partial charge on any atom is -0.368 e. The number of hydrogen-bond acceptors (Lipinski definition) is 6. The molecule has 8 nitrogen and oxygen atoms in total. The third-order valence-corrected chi connectivity index (χ3v) is 8.20. The standard InChI is InChI=1S/C29H34ClN5O3/c1-19-9-4-6-13-32(19)26-18-27(33-14-7-5-10-20(33)2)28(35(37)38)16-22(26)15-25-21(3)31-34(29(25)36)24-12-8-11-23(30)17-24/h8,11-12,15-20H,4-7,9-10,13-14H2,1-3H3/b25-15+/t19-,20-/m0/s1.